The molecule has 2 N–H and O–H groups in total. The molecule has 0 spiro atoms. The van der Waals surface area contributed by atoms with Gasteiger partial charge in [0.15, 0.2) is 6.61 Å². The van der Waals surface area contributed by atoms with E-state index in [1.165, 1.54) is 6.20 Å². The molecule has 2 aromatic heterocycles. The summed E-state index contributed by atoms with van der Waals surface area (Å²) < 4.78 is 43.4. The Morgan fingerprint density at radius 1 is 1.30 bits per heavy atom. The topological polar surface area (TPSA) is 81.1 Å². The minimum Gasteiger partial charge on any atom is -0.468 e. The van der Waals surface area contributed by atoms with Crippen LogP contribution in [0.5, 0.6) is 5.88 Å². The van der Waals surface area contributed by atoms with Gasteiger partial charge in [-0.2, -0.15) is 18.3 Å². The number of carbonyl (C=O) groups excluding carboxylic acids is 1. The predicted octanol–water partition coefficient (Wildman–Crippen LogP) is 2.73. The molecule has 0 saturated heterocycles. The van der Waals surface area contributed by atoms with E-state index in [1.807, 2.05) is 24.6 Å². The third-order valence-electron chi connectivity index (χ3n) is 3.60. The van der Waals surface area contributed by atoms with Crippen molar-refractivity contribution in [1.82, 2.24) is 25.4 Å². The molecule has 2 rings (SSSR count). The molecule has 2 aromatic rings. The van der Waals surface area contributed by atoms with E-state index in [1.54, 1.807) is 12.1 Å². The summed E-state index contributed by atoms with van der Waals surface area (Å²) in [6.07, 6.45) is -2.43. The van der Waals surface area contributed by atoms with Crippen LogP contribution in [-0.2, 0) is 13.1 Å². The molecule has 0 radical (unpaired) electrons. The van der Waals surface area contributed by atoms with E-state index in [9.17, 15) is 18.0 Å². The van der Waals surface area contributed by atoms with Crippen LogP contribution in [0.15, 0.2) is 24.4 Å². The largest absolute Gasteiger partial charge is 0.468 e. The Bertz CT molecular complexity index is 761. The monoisotopic (exact) mass is 385 g/mol. The first-order chi connectivity index (χ1) is 12.7. The molecule has 0 aliphatic rings. The summed E-state index contributed by atoms with van der Waals surface area (Å²) in [7, 11) is 0. The molecule has 0 aromatic carbocycles. The maximum atomic E-state index is 12.3. The van der Waals surface area contributed by atoms with Gasteiger partial charge in [0.2, 0.25) is 5.88 Å². The first kappa shape index (κ1) is 20.5. The molecule has 0 bridgehead atoms. The number of hydrogen-bond acceptors (Lipinski definition) is 4. The molecular formula is C17H22F3N5O2. The van der Waals surface area contributed by atoms with Gasteiger partial charge >= 0.3 is 12.2 Å². The van der Waals surface area contributed by atoms with Crippen molar-refractivity contribution in [3.63, 3.8) is 0 Å². The van der Waals surface area contributed by atoms with Crippen LogP contribution in [-0.4, -0.2) is 40.1 Å². The lowest BCUT2D eigenvalue weighted by atomic mass is 10.2. The predicted molar refractivity (Wildman–Crippen MR) is 92.3 cm³/mol. The number of nitrogens with one attached hydrogen (secondary N) is 2. The van der Waals surface area contributed by atoms with Gasteiger partial charge in [0, 0.05) is 37.1 Å². The standard InChI is InChI=1S/C17H22F3N5O2/c1-12-9-13(2)25(24-12)8-4-7-22-16(26)23-10-14-5-3-6-21-15(14)27-11-17(18,19)20/h3,5-6,9H,4,7-8,10-11H2,1-2H3,(H2,22,23,26). The zero-order chi connectivity index (χ0) is 19.9. The lowest BCUT2D eigenvalue weighted by Crippen LogP contribution is -2.36. The van der Waals surface area contributed by atoms with Crippen LogP contribution in [0.2, 0.25) is 0 Å². The summed E-state index contributed by atoms with van der Waals surface area (Å²) >= 11 is 0. The van der Waals surface area contributed by atoms with Crippen molar-refractivity contribution in [2.24, 2.45) is 0 Å². The number of urea groups is 1. The van der Waals surface area contributed by atoms with Gasteiger partial charge in [-0.15, -0.1) is 0 Å². The summed E-state index contributed by atoms with van der Waals surface area (Å²) in [6.45, 7) is 3.57. The van der Waals surface area contributed by atoms with Crippen LogP contribution in [0.25, 0.3) is 0 Å². The fraction of sp³-hybridized carbons (Fsp3) is 0.471. The molecule has 2 heterocycles. The molecule has 7 nitrogen and oxygen atoms in total. The number of pyridine rings is 1. The number of aromatic nitrogens is 3. The number of amides is 2. The Labute approximate surface area is 154 Å². The first-order valence-electron chi connectivity index (χ1n) is 8.41. The molecule has 0 atom stereocenters. The van der Waals surface area contributed by atoms with Gasteiger partial charge in [-0.25, -0.2) is 9.78 Å². The number of halogens is 3. The minimum atomic E-state index is -4.45. The van der Waals surface area contributed by atoms with Gasteiger partial charge in [0.05, 0.1) is 5.69 Å². The summed E-state index contributed by atoms with van der Waals surface area (Å²) in [5.74, 6) is -0.153. The molecule has 10 heteroatoms. The minimum absolute atomic E-state index is 0.00429. The number of rotatable bonds is 8. The highest BCUT2D eigenvalue weighted by atomic mass is 19.4. The fourth-order valence-corrected chi connectivity index (χ4v) is 2.41. The molecule has 0 aliphatic carbocycles. The fourth-order valence-electron chi connectivity index (χ4n) is 2.41. The number of hydrogen-bond donors (Lipinski definition) is 2. The number of aryl methyl sites for hydroxylation is 3. The lowest BCUT2D eigenvalue weighted by molar-refractivity contribution is -0.154. The highest BCUT2D eigenvalue weighted by Gasteiger charge is 2.29. The molecule has 2 amide bonds. The van der Waals surface area contributed by atoms with Crippen LogP contribution >= 0.6 is 0 Å². The van der Waals surface area contributed by atoms with Crippen LogP contribution in [0.1, 0.15) is 23.4 Å². The number of ether oxygens (including phenoxy) is 1. The van der Waals surface area contributed by atoms with Gasteiger partial charge in [-0.3, -0.25) is 4.68 Å². The average molecular weight is 385 g/mol. The van der Waals surface area contributed by atoms with Crippen LogP contribution in [0.4, 0.5) is 18.0 Å². The van der Waals surface area contributed by atoms with Crippen molar-refractivity contribution in [2.75, 3.05) is 13.2 Å². The van der Waals surface area contributed by atoms with E-state index in [2.05, 4.69) is 25.5 Å². The van der Waals surface area contributed by atoms with Gasteiger partial charge < -0.3 is 15.4 Å². The molecule has 0 unspecified atom stereocenters. The van der Waals surface area contributed by atoms with Crippen molar-refractivity contribution in [2.45, 2.75) is 39.5 Å². The second-order valence-electron chi connectivity index (χ2n) is 5.98. The van der Waals surface area contributed by atoms with Crippen molar-refractivity contribution in [3.8, 4) is 5.88 Å². The van der Waals surface area contributed by atoms with Crippen molar-refractivity contribution in [3.05, 3.63) is 41.3 Å². The smallest absolute Gasteiger partial charge is 0.422 e. The van der Waals surface area contributed by atoms with E-state index in [4.69, 9.17) is 0 Å². The normalized spacial score (nSPS) is 11.3. The third-order valence-corrected chi connectivity index (χ3v) is 3.60. The van der Waals surface area contributed by atoms with Crippen LogP contribution in [0.3, 0.4) is 0 Å². The Hall–Kier alpha value is -2.78. The van der Waals surface area contributed by atoms with E-state index < -0.39 is 18.8 Å². The summed E-state index contributed by atoms with van der Waals surface area (Å²) in [5, 5.41) is 9.60. The SMILES string of the molecule is Cc1cc(C)n(CCCNC(=O)NCc2cccnc2OCC(F)(F)F)n1. The molecule has 148 valence electrons. The lowest BCUT2D eigenvalue weighted by Gasteiger charge is -2.13. The van der Waals surface area contributed by atoms with Gasteiger partial charge in [0.25, 0.3) is 0 Å². The van der Waals surface area contributed by atoms with Crippen molar-refractivity contribution in [1.29, 1.82) is 0 Å². The molecule has 0 saturated carbocycles. The Balaban J connectivity index is 1.73. The maximum Gasteiger partial charge on any atom is 0.422 e. The number of carbonyl (C=O) groups is 1. The Morgan fingerprint density at radius 2 is 2.07 bits per heavy atom. The summed E-state index contributed by atoms with van der Waals surface area (Å²) in [6, 6.07) is 4.66. The Kier molecular flexibility index (Phi) is 7.03. The average Bonchev–Trinajstić information content (AvgIpc) is 2.92. The molecule has 0 aliphatic heterocycles. The Morgan fingerprint density at radius 3 is 2.74 bits per heavy atom. The van der Waals surface area contributed by atoms with Crippen LogP contribution in [0, 0.1) is 13.8 Å². The van der Waals surface area contributed by atoms with E-state index >= 15 is 0 Å². The molecule has 27 heavy (non-hydrogen) atoms. The quantitative estimate of drug-likeness (QED) is 0.685. The number of alkyl halides is 3. The maximum absolute atomic E-state index is 12.3. The second kappa shape index (κ2) is 9.24. The van der Waals surface area contributed by atoms with E-state index in [0.29, 0.717) is 25.1 Å². The first-order valence-corrected chi connectivity index (χ1v) is 8.41. The highest BCUT2D eigenvalue weighted by molar-refractivity contribution is 5.73. The van der Waals surface area contributed by atoms with Gasteiger partial charge in [0.1, 0.15) is 0 Å². The van der Waals surface area contributed by atoms with E-state index in [0.717, 1.165) is 11.4 Å². The third kappa shape index (κ3) is 7.16. The van der Waals surface area contributed by atoms with Gasteiger partial charge in [-0.1, -0.05) is 6.07 Å². The van der Waals surface area contributed by atoms with E-state index in [-0.39, 0.29) is 12.4 Å². The number of nitrogens with zero attached hydrogens (tertiary/aromatic N) is 3. The summed E-state index contributed by atoms with van der Waals surface area (Å²) in [5.41, 5.74) is 2.36. The molecular weight excluding hydrogens is 363 g/mol. The second-order valence-corrected chi connectivity index (χ2v) is 5.98. The zero-order valence-corrected chi connectivity index (χ0v) is 15.1. The van der Waals surface area contributed by atoms with Gasteiger partial charge in [-0.05, 0) is 32.4 Å². The van der Waals surface area contributed by atoms with Crippen molar-refractivity contribution < 1.29 is 22.7 Å². The zero-order valence-electron chi connectivity index (χ0n) is 15.1. The molecule has 0 fully saturated rings. The van der Waals surface area contributed by atoms with Crippen LogP contribution < -0.4 is 15.4 Å². The highest BCUT2D eigenvalue weighted by Crippen LogP contribution is 2.19. The van der Waals surface area contributed by atoms with Crippen molar-refractivity contribution >= 4 is 6.03 Å². The summed E-state index contributed by atoms with van der Waals surface area (Å²) in [4.78, 5) is 15.6.